The van der Waals surface area contributed by atoms with Crippen molar-refractivity contribution < 1.29 is 28.2 Å². The Morgan fingerprint density at radius 2 is 1.52 bits per heavy atom. The Kier molecular flexibility index (Phi) is 7.84. The Hall–Kier alpha value is -2.80. The van der Waals surface area contributed by atoms with Gasteiger partial charge in [-0.1, -0.05) is 50.2 Å². The molecule has 5 nitrogen and oxygen atoms in total. The van der Waals surface area contributed by atoms with Gasteiger partial charge in [0.25, 0.3) is 6.43 Å². The predicted molar refractivity (Wildman–Crippen MR) is 105 cm³/mol. The van der Waals surface area contributed by atoms with Crippen LogP contribution >= 0.6 is 0 Å². The minimum absolute atomic E-state index is 0.0605. The van der Waals surface area contributed by atoms with Gasteiger partial charge >= 0.3 is 5.97 Å². The molecule has 2 aromatic rings. The van der Waals surface area contributed by atoms with Crippen LogP contribution in [0.1, 0.15) is 60.3 Å². The first-order chi connectivity index (χ1) is 13.7. The van der Waals surface area contributed by atoms with Gasteiger partial charge in [-0.3, -0.25) is 4.79 Å². The number of carbonyl (C=O) groups is 2. The monoisotopic (exact) mass is 405 g/mol. The van der Waals surface area contributed by atoms with Crippen molar-refractivity contribution in [2.45, 2.75) is 45.9 Å². The van der Waals surface area contributed by atoms with E-state index in [0.717, 1.165) is 5.56 Å². The second-order valence-corrected chi connectivity index (χ2v) is 7.18. The molecule has 7 heteroatoms. The van der Waals surface area contributed by atoms with E-state index < -0.39 is 18.5 Å². The highest BCUT2D eigenvalue weighted by Gasteiger charge is 2.24. The Labute approximate surface area is 168 Å². The van der Waals surface area contributed by atoms with Gasteiger partial charge < -0.3 is 15.2 Å². The molecule has 0 aromatic heterocycles. The Balaban J connectivity index is 1.98. The standard InChI is InChI=1S/C22H25F2NO4/c1-13(2)19(29-12-15-4-6-17(7-5-15)20(23)24)21(26)25-14(3)16-8-10-18(11-9-16)22(27)28/h4-11,13-14,19-20H,12H2,1-3H3,(H,25,26)(H,27,28)/t14-,19?/m0/s1. The van der Waals surface area contributed by atoms with Gasteiger partial charge in [0.15, 0.2) is 0 Å². The maximum absolute atomic E-state index is 12.7. The molecule has 2 atom stereocenters. The van der Waals surface area contributed by atoms with Crippen LogP contribution in [-0.4, -0.2) is 23.1 Å². The molecule has 2 rings (SSSR count). The first-order valence-electron chi connectivity index (χ1n) is 9.31. The maximum atomic E-state index is 12.7. The third-order valence-corrected chi connectivity index (χ3v) is 4.54. The van der Waals surface area contributed by atoms with Crippen LogP contribution in [0.2, 0.25) is 0 Å². The fourth-order valence-corrected chi connectivity index (χ4v) is 2.81. The van der Waals surface area contributed by atoms with Crippen LogP contribution in [0.15, 0.2) is 48.5 Å². The van der Waals surface area contributed by atoms with E-state index in [4.69, 9.17) is 9.84 Å². The van der Waals surface area contributed by atoms with Gasteiger partial charge in [0.1, 0.15) is 6.10 Å². The number of amides is 1. The van der Waals surface area contributed by atoms with Gasteiger partial charge in [-0.05, 0) is 36.1 Å². The predicted octanol–water partition coefficient (Wildman–Crippen LogP) is 4.74. The lowest BCUT2D eigenvalue weighted by Gasteiger charge is -2.23. The number of ether oxygens (including phenoxy) is 1. The van der Waals surface area contributed by atoms with Gasteiger partial charge in [0.2, 0.25) is 5.91 Å². The molecule has 1 unspecified atom stereocenters. The molecule has 0 spiro atoms. The third kappa shape index (κ3) is 6.35. The van der Waals surface area contributed by atoms with E-state index in [2.05, 4.69) is 5.32 Å². The molecule has 29 heavy (non-hydrogen) atoms. The molecular formula is C22H25F2NO4. The third-order valence-electron chi connectivity index (χ3n) is 4.54. The summed E-state index contributed by atoms with van der Waals surface area (Å²) in [6.07, 6.45) is -3.24. The number of rotatable bonds is 9. The van der Waals surface area contributed by atoms with Crippen molar-refractivity contribution in [3.05, 3.63) is 70.8 Å². The normalized spacial score (nSPS) is 13.3. The molecule has 0 aliphatic heterocycles. The molecule has 0 saturated heterocycles. The Morgan fingerprint density at radius 1 is 0.966 bits per heavy atom. The van der Waals surface area contributed by atoms with Crippen molar-refractivity contribution >= 4 is 11.9 Å². The van der Waals surface area contributed by atoms with Crippen molar-refractivity contribution in [3.8, 4) is 0 Å². The molecule has 2 N–H and O–H groups in total. The smallest absolute Gasteiger partial charge is 0.335 e. The Bertz CT molecular complexity index is 820. The molecule has 0 fully saturated rings. The number of nitrogens with one attached hydrogen (secondary N) is 1. The first-order valence-corrected chi connectivity index (χ1v) is 9.31. The van der Waals surface area contributed by atoms with Crippen LogP contribution in [0.25, 0.3) is 0 Å². The molecule has 0 bridgehead atoms. The van der Waals surface area contributed by atoms with Crippen molar-refractivity contribution in [1.82, 2.24) is 5.32 Å². The van der Waals surface area contributed by atoms with Crippen LogP contribution < -0.4 is 5.32 Å². The number of carboxylic acids is 1. The van der Waals surface area contributed by atoms with Crippen molar-refractivity contribution in [1.29, 1.82) is 0 Å². The number of hydrogen-bond donors (Lipinski definition) is 2. The molecule has 2 aromatic carbocycles. The van der Waals surface area contributed by atoms with Crippen LogP contribution in [0, 0.1) is 5.92 Å². The summed E-state index contributed by atoms with van der Waals surface area (Å²) >= 11 is 0. The number of benzene rings is 2. The van der Waals surface area contributed by atoms with Crippen molar-refractivity contribution in [2.24, 2.45) is 5.92 Å². The second kappa shape index (κ2) is 10.1. The first kappa shape index (κ1) is 22.5. The lowest BCUT2D eigenvalue weighted by Crippen LogP contribution is -2.40. The molecule has 1 amide bonds. The number of hydrogen-bond acceptors (Lipinski definition) is 3. The van der Waals surface area contributed by atoms with Crippen molar-refractivity contribution in [3.63, 3.8) is 0 Å². The summed E-state index contributed by atoms with van der Waals surface area (Å²) in [5.41, 5.74) is 1.58. The number of alkyl halides is 2. The number of carboxylic acid groups (broad SMARTS) is 1. The zero-order valence-electron chi connectivity index (χ0n) is 16.6. The number of halogens is 2. The zero-order chi connectivity index (χ0) is 21.6. The second-order valence-electron chi connectivity index (χ2n) is 7.18. The molecule has 156 valence electrons. The quantitative estimate of drug-likeness (QED) is 0.632. The fourth-order valence-electron chi connectivity index (χ4n) is 2.81. The minimum Gasteiger partial charge on any atom is -0.478 e. The van der Waals surface area contributed by atoms with E-state index in [0.29, 0.717) is 5.56 Å². The van der Waals surface area contributed by atoms with E-state index in [9.17, 15) is 18.4 Å². The fraction of sp³-hybridized carbons (Fsp3) is 0.364. The van der Waals surface area contributed by atoms with E-state index >= 15 is 0 Å². The highest BCUT2D eigenvalue weighted by atomic mass is 19.3. The average Bonchev–Trinajstić information content (AvgIpc) is 2.68. The molecule has 0 aliphatic carbocycles. The average molecular weight is 405 g/mol. The summed E-state index contributed by atoms with van der Waals surface area (Å²) in [5, 5.41) is 11.8. The van der Waals surface area contributed by atoms with Gasteiger partial charge in [-0.25, -0.2) is 13.6 Å². The van der Waals surface area contributed by atoms with Gasteiger partial charge in [-0.2, -0.15) is 0 Å². The topological polar surface area (TPSA) is 75.6 Å². The number of carbonyl (C=O) groups excluding carboxylic acids is 1. The summed E-state index contributed by atoms with van der Waals surface area (Å²) in [4.78, 5) is 23.6. The van der Waals surface area contributed by atoms with Crippen LogP contribution in [0.5, 0.6) is 0 Å². The molecular weight excluding hydrogens is 380 g/mol. The van der Waals surface area contributed by atoms with E-state index in [1.54, 1.807) is 31.2 Å². The summed E-state index contributed by atoms with van der Waals surface area (Å²) in [6.45, 7) is 5.64. The van der Waals surface area contributed by atoms with Crippen LogP contribution in [0.4, 0.5) is 8.78 Å². The van der Waals surface area contributed by atoms with Gasteiger partial charge in [0.05, 0.1) is 18.2 Å². The molecule has 0 saturated carbocycles. The van der Waals surface area contributed by atoms with Gasteiger partial charge in [-0.15, -0.1) is 0 Å². The molecule has 0 radical (unpaired) electrons. The highest BCUT2D eigenvalue weighted by Crippen LogP contribution is 2.20. The zero-order valence-corrected chi connectivity index (χ0v) is 16.6. The van der Waals surface area contributed by atoms with Crippen molar-refractivity contribution in [2.75, 3.05) is 0 Å². The summed E-state index contributed by atoms with van der Waals surface area (Å²) in [5.74, 6) is -1.40. The van der Waals surface area contributed by atoms with E-state index in [1.165, 1.54) is 24.3 Å². The minimum atomic E-state index is -2.52. The molecule has 0 heterocycles. The summed E-state index contributed by atoms with van der Waals surface area (Å²) in [6, 6.07) is 11.8. The highest BCUT2D eigenvalue weighted by molar-refractivity contribution is 5.87. The lowest BCUT2D eigenvalue weighted by molar-refractivity contribution is -0.137. The van der Waals surface area contributed by atoms with Crippen LogP contribution in [0.3, 0.4) is 0 Å². The van der Waals surface area contributed by atoms with E-state index in [1.807, 2.05) is 13.8 Å². The SMILES string of the molecule is CC(C)C(OCc1ccc(C(F)F)cc1)C(=O)N[C@@H](C)c1ccc(C(=O)O)cc1. The molecule has 0 aliphatic rings. The maximum Gasteiger partial charge on any atom is 0.335 e. The summed E-state index contributed by atoms with van der Waals surface area (Å²) in [7, 11) is 0. The lowest BCUT2D eigenvalue weighted by atomic mass is 10.0. The Morgan fingerprint density at radius 3 is 2.00 bits per heavy atom. The largest absolute Gasteiger partial charge is 0.478 e. The summed E-state index contributed by atoms with van der Waals surface area (Å²) < 4.78 is 31.0. The van der Waals surface area contributed by atoms with Crippen LogP contribution in [-0.2, 0) is 16.1 Å². The van der Waals surface area contributed by atoms with E-state index in [-0.39, 0.29) is 35.6 Å². The number of aromatic carboxylic acids is 1. The van der Waals surface area contributed by atoms with Gasteiger partial charge in [0, 0.05) is 5.56 Å².